The van der Waals surface area contributed by atoms with Crippen LogP contribution in [0.3, 0.4) is 0 Å². The highest BCUT2D eigenvalue weighted by Gasteiger charge is 2.58. The van der Waals surface area contributed by atoms with Crippen molar-refractivity contribution in [1.82, 2.24) is 19.8 Å². The van der Waals surface area contributed by atoms with Gasteiger partial charge in [-0.15, -0.1) is 0 Å². The molecule has 0 unspecified atom stereocenters. The molecule has 0 spiro atoms. The molecule has 1 aromatic heterocycles. The van der Waals surface area contributed by atoms with Crippen LogP contribution in [-0.2, 0) is 0 Å². The van der Waals surface area contributed by atoms with Gasteiger partial charge in [-0.25, -0.2) is 4.98 Å². The van der Waals surface area contributed by atoms with Crippen molar-refractivity contribution in [2.24, 2.45) is 35.5 Å². The SMILES string of the molecule is O=C(c1cncc(C(=O)N(C2CCCCC2)C23CC4CC(CC(C4)C2)C3)n1)N(C1CCCCC1)C12CC3CC(CC(C3)C1)C2. The number of amides is 2. The molecule has 0 aliphatic heterocycles. The van der Waals surface area contributed by atoms with Gasteiger partial charge in [0.25, 0.3) is 11.8 Å². The lowest BCUT2D eigenvalue weighted by Crippen LogP contribution is -2.64. The summed E-state index contributed by atoms with van der Waals surface area (Å²) in [5.74, 6) is 4.82. The van der Waals surface area contributed by atoms with Crippen molar-refractivity contribution in [3.8, 4) is 0 Å². The van der Waals surface area contributed by atoms with E-state index in [-0.39, 0.29) is 22.9 Å². The van der Waals surface area contributed by atoms with Crippen molar-refractivity contribution < 1.29 is 9.59 Å². The monoisotopic (exact) mass is 598 g/mol. The average molecular weight is 599 g/mol. The van der Waals surface area contributed by atoms with E-state index in [2.05, 4.69) is 14.8 Å². The molecule has 0 radical (unpaired) electrons. The van der Waals surface area contributed by atoms with Crippen molar-refractivity contribution in [3.63, 3.8) is 0 Å². The Morgan fingerprint density at radius 1 is 0.523 bits per heavy atom. The van der Waals surface area contributed by atoms with Crippen LogP contribution in [0.2, 0.25) is 0 Å². The third kappa shape index (κ3) is 4.69. The second-order valence-corrected chi connectivity index (χ2v) is 17.5. The summed E-state index contributed by atoms with van der Waals surface area (Å²) in [6, 6.07) is 0.610. The highest BCUT2D eigenvalue weighted by atomic mass is 16.2. The Bertz CT molecular complexity index is 1120. The minimum absolute atomic E-state index is 0.0110. The van der Waals surface area contributed by atoms with E-state index in [4.69, 9.17) is 4.98 Å². The summed E-state index contributed by atoms with van der Waals surface area (Å²) >= 11 is 0. The van der Waals surface area contributed by atoms with E-state index in [0.717, 1.165) is 61.2 Å². The number of nitrogens with zero attached hydrogens (tertiary/aromatic N) is 4. The molecular weight excluding hydrogens is 544 g/mol. The molecule has 0 N–H and O–H groups in total. The second kappa shape index (κ2) is 10.8. The van der Waals surface area contributed by atoms with Crippen molar-refractivity contribution in [2.75, 3.05) is 0 Å². The van der Waals surface area contributed by atoms with Crippen LogP contribution in [0.5, 0.6) is 0 Å². The molecule has 10 aliphatic rings. The van der Waals surface area contributed by atoms with Crippen molar-refractivity contribution >= 4 is 11.8 Å². The zero-order valence-corrected chi connectivity index (χ0v) is 26.9. The van der Waals surface area contributed by atoms with Gasteiger partial charge >= 0.3 is 0 Å². The number of carbonyl (C=O) groups excluding carboxylic acids is 2. The molecule has 10 saturated carbocycles. The summed E-state index contributed by atoms with van der Waals surface area (Å²) in [7, 11) is 0. The quantitative estimate of drug-likeness (QED) is 0.333. The molecular formula is C38H54N4O2. The number of aromatic nitrogens is 2. The molecule has 0 atom stereocenters. The molecule has 10 aliphatic carbocycles. The Morgan fingerprint density at radius 3 is 1.16 bits per heavy atom. The average Bonchev–Trinajstić information content (AvgIpc) is 3.01. The highest BCUT2D eigenvalue weighted by molar-refractivity contribution is 5.96. The Morgan fingerprint density at radius 2 is 0.841 bits per heavy atom. The van der Waals surface area contributed by atoms with Crippen LogP contribution in [0, 0.1) is 35.5 Å². The number of hydrogen-bond donors (Lipinski definition) is 0. The Hall–Kier alpha value is -1.98. The molecule has 11 rings (SSSR count). The van der Waals surface area contributed by atoms with Crippen LogP contribution in [0.1, 0.15) is 162 Å². The fourth-order valence-corrected chi connectivity index (χ4v) is 13.8. The van der Waals surface area contributed by atoms with Crippen LogP contribution in [-0.4, -0.2) is 54.7 Å². The van der Waals surface area contributed by atoms with E-state index in [1.807, 2.05) is 0 Å². The summed E-state index contributed by atoms with van der Waals surface area (Å²) in [6.45, 7) is 0. The van der Waals surface area contributed by atoms with Crippen LogP contribution in [0.25, 0.3) is 0 Å². The Labute approximate surface area is 264 Å². The first-order valence-electron chi connectivity index (χ1n) is 19.0. The van der Waals surface area contributed by atoms with Gasteiger partial charge in [0.2, 0.25) is 0 Å². The maximum atomic E-state index is 14.8. The van der Waals surface area contributed by atoms with Gasteiger partial charge in [0.1, 0.15) is 11.4 Å². The van der Waals surface area contributed by atoms with Crippen LogP contribution < -0.4 is 0 Å². The van der Waals surface area contributed by atoms with E-state index >= 15 is 0 Å². The topological polar surface area (TPSA) is 66.4 Å². The molecule has 8 bridgehead atoms. The number of carbonyl (C=O) groups is 2. The highest BCUT2D eigenvalue weighted by Crippen LogP contribution is 2.60. The summed E-state index contributed by atoms with van der Waals surface area (Å²) in [6.07, 6.45) is 30.5. The third-order valence-electron chi connectivity index (χ3n) is 14.4. The van der Waals surface area contributed by atoms with Gasteiger partial charge in [-0.1, -0.05) is 38.5 Å². The first kappa shape index (κ1) is 28.3. The fourth-order valence-electron chi connectivity index (χ4n) is 13.8. The van der Waals surface area contributed by atoms with Gasteiger partial charge in [-0.2, -0.15) is 0 Å². The van der Waals surface area contributed by atoms with E-state index < -0.39 is 0 Å². The van der Waals surface area contributed by atoms with Crippen LogP contribution in [0.4, 0.5) is 0 Å². The summed E-state index contributed by atoms with van der Waals surface area (Å²) in [4.78, 5) is 44.0. The first-order valence-corrected chi connectivity index (χ1v) is 19.0. The maximum absolute atomic E-state index is 14.8. The van der Waals surface area contributed by atoms with Crippen molar-refractivity contribution in [3.05, 3.63) is 23.8 Å². The smallest absolute Gasteiger partial charge is 0.274 e. The molecule has 2 amide bonds. The van der Waals surface area contributed by atoms with Crippen molar-refractivity contribution in [2.45, 2.75) is 164 Å². The molecule has 6 heteroatoms. The lowest BCUT2D eigenvalue weighted by atomic mass is 9.52. The maximum Gasteiger partial charge on any atom is 0.274 e. The molecule has 0 aromatic carbocycles. The molecule has 10 fully saturated rings. The van der Waals surface area contributed by atoms with Crippen LogP contribution >= 0.6 is 0 Å². The predicted molar refractivity (Wildman–Crippen MR) is 170 cm³/mol. The lowest BCUT2D eigenvalue weighted by Gasteiger charge is -2.62. The van der Waals surface area contributed by atoms with Gasteiger partial charge in [0.05, 0.1) is 12.4 Å². The van der Waals surface area contributed by atoms with E-state index in [1.165, 1.54) is 116 Å². The molecule has 44 heavy (non-hydrogen) atoms. The molecule has 6 nitrogen and oxygen atoms in total. The normalized spacial score (nSPS) is 41.2. The van der Waals surface area contributed by atoms with E-state index in [1.54, 1.807) is 12.4 Å². The van der Waals surface area contributed by atoms with E-state index in [9.17, 15) is 9.59 Å². The summed E-state index contributed by atoms with van der Waals surface area (Å²) in [5.41, 5.74) is 0.823. The molecule has 238 valence electrons. The zero-order valence-electron chi connectivity index (χ0n) is 26.9. The second-order valence-electron chi connectivity index (χ2n) is 17.5. The predicted octanol–water partition coefficient (Wildman–Crippen LogP) is 7.96. The van der Waals surface area contributed by atoms with Gasteiger partial charge in [-0.05, 0) is 138 Å². The van der Waals surface area contributed by atoms with E-state index in [0.29, 0.717) is 23.5 Å². The summed E-state index contributed by atoms with van der Waals surface area (Å²) < 4.78 is 0. The van der Waals surface area contributed by atoms with Crippen molar-refractivity contribution in [1.29, 1.82) is 0 Å². The fraction of sp³-hybridized carbons (Fsp3) is 0.842. The minimum Gasteiger partial charge on any atom is -0.329 e. The third-order valence-corrected chi connectivity index (χ3v) is 14.4. The van der Waals surface area contributed by atoms with Gasteiger partial charge in [0, 0.05) is 23.2 Å². The minimum atomic E-state index is -0.0110. The standard InChI is InChI=1S/C38H54N4O2/c43-35(41(31-7-3-1-4-8-31)37-17-25-11-26(18-37)13-27(12-25)19-37)33-23-39-24-34(40-33)36(44)42(32-9-5-2-6-10-32)38-20-28-14-29(21-38)16-30(15-28)22-38/h23-32H,1-22H2. The molecule has 1 aromatic rings. The van der Waals surface area contributed by atoms with Gasteiger partial charge < -0.3 is 9.80 Å². The van der Waals surface area contributed by atoms with Gasteiger partial charge in [-0.3, -0.25) is 14.6 Å². The first-order chi connectivity index (χ1) is 21.5. The lowest BCUT2D eigenvalue weighted by molar-refractivity contribution is -0.0916. The Kier molecular flexibility index (Phi) is 6.93. The van der Waals surface area contributed by atoms with Crippen LogP contribution in [0.15, 0.2) is 12.4 Å². The summed E-state index contributed by atoms with van der Waals surface area (Å²) in [5, 5.41) is 0. The Balaban J connectivity index is 1.05. The molecule has 1 heterocycles. The van der Waals surface area contributed by atoms with Gasteiger partial charge in [0.15, 0.2) is 0 Å². The number of hydrogen-bond acceptors (Lipinski definition) is 4. The largest absolute Gasteiger partial charge is 0.329 e. The number of rotatable bonds is 6. The zero-order chi connectivity index (χ0) is 29.5. The molecule has 0 saturated heterocycles.